The van der Waals surface area contributed by atoms with E-state index in [4.69, 9.17) is 15.9 Å². The van der Waals surface area contributed by atoms with Crippen molar-refractivity contribution in [2.45, 2.75) is 18.6 Å². The first-order valence-corrected chi connectivity index (χ1v) is 5.34. The van der Waals surface area contributed by atoms with Gasteiger partial charge in [-0.1, -0.05) is 0 Å². The number of aliphatic hydroxyl groups is 1. The van der Waals surface area contributed by atoms with Gasteiger partial charge in [0.15, 0.2) is 6.10 Å². The van der Waals surface area contributed by atoms with Gasteiger partial charge in [0.25, 0.3) is 0 Å². The number of hydrogen-bond donors (Lipinski definition) is 4. The topological polar surface area (TPSA) is 130 Å². The van der Waals surface area contributed by atoms with Crippen LogP contribution in [0.15, 0.2) is 12.4 Å². The molecule has 8 nitrogen and oxygen atoms in total. The molecule has 0 aliphatic rings. The Kier molecular flexibility index (Phi) is 4.81. The number of aliphatic hydroxyl groups excluding tert-OH is 1. The lowest BCUT2D eigenvalue weighted by molar-refractivity contribution is -0.147. The Bertz CT molecular complexity index is 431. The minimum Gasteiger partial charge on any atom is -0.479 e. The van der Waals surface area contributed by atoms with Crippen LogP contribution in [0.3, 0.4) is 0 Å². The molecule has 1 heterocycles. The van der Waals surface area contributed by atoms with Crippen molar-refractivity contribution >= 4 is 11.9 Å². The highest BCUT2D eigenvalue weighted by atomic mass is 16.4. The molecule has 2 unspecified atom stereocenters. The van der Waals surface area contributed by atoms with E-state index in [1.54, 1.807) is 13.2 Å². The van der Waals surface area contributed by atoms with E-state index in [-0.39, 0.29) is 13.0 Å². The molecule has 1 aromatic heterocycles. The van der Waals surface area contributed by atoms with E-state index in [1.165, 1.54) is 10.9 Å². The number of aryl methyl sites for hydroxylation is 1. The molecular weight excluding hydrogens is 240 g/mol. The van der Waals surface area contributed by atoms with E-state index >= 15 is 0 Å². The number of carboxylic acids is 1. The molecular formula is C10H16N4O4. The third kappa shape index (κ3) is 3.82. The van der Waals surface area contributed by atoms with Crippen molar-refractivity contribution in [2.24, 2.45) is 12.8 Å². The minimum atomic E-state index is -1.49. The maximum atomic E-state index is 11.6. The van der Waals surface area contributed by atoms with Crippen molar-refractivity contribution in [3.05, 3.63) is 18.0 Å². The number of amides is 1. The van der Waals surface area contributed by atoms with Crippen molar-refractivity contribution in [1.82, 2.24) is 15.1 Å². The van der Waals surface area contributed by atoms with Gasteiger partial charge in [-0.15, -0.1) is 0 Å². The molecule has 18 heavy (non-hydrogen) atoms. The number of carbonyl (C=O) groups excluding carboxylic acids is 1. The van der Waals surface area contributed by atoms with Gasteiger partial charge < -0.3 is 21.3 Å². The van der Waals surface area contributed by atoms with Gasteiger partial charge in [0.05, 0.1) is 6.20 Å². The first-order valence-electron chi connectivity index (χ1n) is 5.34. The lowest BCUT2D eigenvalue weighted by Gasteiger charge is -2.11. The van der Waals surface area contributed by atoms with Gasteiger partial charge in [-0.3, -0.25) is 9.48 Å². The van der Waals surface area contributed by atoms with Crippen LogP contribution in [0.5, 0.6) is 0 Å². The number of carbonyl (C=O) groups is 2. The van der Waals surface area contributed by atoms with Crippen LogP contribution in [0.25, 0.3) is 0 Å². The third-order valence-corrected chi connectivity index (χ3v) is 2.37. The quantitative estimate of drug-likeness (QED) is 0.483. The zero-order valence-corrected chi connectivity index (χ0v) is 9.91. The number of nitrogens with two attached hydrogens (primary N) is 1. The van der Waals surface area contributed by atoms with Crippen LogP contribution >= 0.6 is 0 Å². The molecule has 0 bridgehead atoms. The summed E-state index contributed by atoms with van der Waals surface area (Å²) in [5.41, 5.74) is 6.25. The Morgan fingerprint density at radius 2 is 2.28 bits per heavy atom. The molecule has 0 aromatic carbocycles. The second-order valence-corrected chi connectivity index (χ2v) is 3.86. The first-order chi connectivity index (χ1) is 8.41. The number of hydrogen-bond acceptors (Lipinski definition) is 5. The number of aliphatic carboxylic acids is 1. The SMILES string of the molecule is Cn1cc(C(N)C(=O)NCCC(O)C(=O)O)cn1. The summed E-state index contributed by atoms with van der Waals surface area (Å²) >= 11 is 0. The highest BCUT2D eigenvalue weighted by Gasteiger charge is 2.18. The molecule has 0 fully saturated rings. The van der Waals surface area contributed by atoms with E-state index in [0.29, 0.717) is 5.56 Å². The van der Waals surface area contributed by atoms with Gasteiger partial charge >= 0.3 is 5.97 Å². The van der Waals surface area contributed by atoms with Crippen molar-refractivity contribution in [3.63, 3.8) is 0 Å². The average molecular weight is 256 g/mol. The number of nitrogens with one attached hydrogen (secondary N) is 1. The standard InChI is InChI=1S/C10H16N4O4/c1-14-5-6(4-13-14)8(11)9(16)12-3-2-7(15)10(17)18/h4-5,7-8,15H,2-3,11H2,1H3,(H,12,16)(H,17,18). The Morgan fingerprint density at radius 1 is 1.61 bits per heavy atom. The summed E-state index contributed by atoms with van der Waals surface area (Å²) in [6.45, 7) is 0.0419. The summed E-state index contributed by atoms with van der Waals surface area (Å²) < 4.78 is 1.52. The molecule has 5 N–H and O–H groups in total. The van der Waals surface area contributed by atoms with Gasteiger partial charge in [-0.05, 0) is 0 Å². The van der Waals surface area contributed by atoms with Crippen LogP contribution in [0.4, 0.5) is 0 Å². The van der Waals surface area contributed by atoms with Gasteiger partial charge in [-0.2, -0.15) is 5.10 Å². The lowest BCUT2D eigenvalue weighted by Crippen LogP contribution is -2.36. The molecule has 0 spiro atoms. The van der Waals surface area contributed by atoms with Crippen LogP contribution in [-0.2, 0) is 16.6 Å². The van der Waals surface area contributed by atoms with Crippen LogP contribution in [0.2, 0.25) is 0 Å². The summed E-state index contributed by atoms with van der Waals surface area (Å²) in [7, 11) is 1.71. The zero-order chi connectivity index (χ0) is 13.7. The molecule has 0 aliphatic carbocycles. The average Bonchev–Trinajstić information content (AvgIpc) is 2.74. The second kappa shape index (κ2) is 6.12. The number of rotatable bonds is 6. The van der Waals surface area contributed by atoms with Crippen molar-refractivity contribution in [3.8, 4) is 0 Å². The van der Waals surface area contributed by atoms with E-state index in [0.717, 1.165) is 0 Å². The number of nitrogens with zero attached hydrogens (tertiary/aromatic N) is 2. The first kappa shape index (κ1) is 14.1. The minimum absolute atomic E-state index is 0.0419. The predicted molar refractivity (Wildman–Crippen MR) is 61.4 cm³/mol. The van der Waals surface area contributed by atoms with E-state index in [1.807, 2.05) is 0 Å². The Hall–Kier alpha value is -1.93. The molecule has 1 rings (SSSR count). The molecule has 1 aromatic rings. The molecule has 8 heteroatoms. The van der Waals surface area contributed by atoms with Gasteiger partial charge in [0.2, 0.25) is 5.91 Å². The molecule has 2 atom stereocenters. The van der Waals surface area contributed by atoms with Crippen molar-refractivity contribution < 1.29 is 19.8 Å². The fraction of sp³-hybridized carbons (Fsp3) is 0.500. The Balaban J connectivity index is 2.39. The van der Waals surface area contributed by atoms with Crippen molar-refractivity contribution in [1.29, 1.82) is 0 Å². The summed E-state index contributed by atoms with van der Waals surface area (Å²) in [5.74, 6) is -1.76. The summed E-state index contributed by atoms with van der Waals surface area (Å²) in [4.78, 5) is 21.9. The molecule has 0 radical (unpaired) electrons. The maximum Gasteiger partial charge on any atom is 0.332 e. The molecule has 1 amide bonds. The number of aromatic nitrogens is 2. The van der Waals surface area contributed by atoms with E-state index in [9.17, 15) is 9.59 Å². The summed E-state index contributed by atoms with van der Waals surface area (Å²) in [6, 6.07) is -0.860. The highest BCUT2D eigenvalue weighted by Crippen LogP contribution is 2.08. The fourth-order valence-corrected chi connectivity index (χ4v) is 1.32. The zero-order valence-electron chi connectivity index (χ0n) is 9.91. The predicted octanol–water partition coefficient (Wildman–Crippen LogP) is -1.63. The van der Waals surface area contributed by atoms with E-state index < -0.39 is 24.0 Å². The second-order valence-electron chi connectivity index (χ2n) is 3.86. The third-order valence-electron chi connectivity index (χ3n) is 2.37. The molecule has 100 valence electrons. The normalized spacial score (nSPS) is 13.9. The molecule has 0 aliphatic heterocycles. The smallest absolute Gasteiger partial charge is 0.332 e. The van der Waals surface area contributed by atoms with Crippen LogP contribution in [0, 0.1) is 0 Å². The van der Waals surface area contributed by atoms with E-state index in [2.05, 4.69) is 10.4 Å². The fourth-order valence-electron chi connectivity index (χ4n) is 1.32. The molecule has 0 saturated heterocycles. The van der Waals surface area contributed by atoms with Crippen LogP contribution in [0.1, 0.15) is 18.0 Å². The summed E-state index contributed by atoms with van der Waals surface area (Å²) in [5, 5.41) is 23.8. The van der Waals surface area contributed by atoms with Crippen LogP contribution < -0.4 is 11.1 Å². The highest BCUT2D eigenvalue weighted by molar-refractivity contribution is 5.82. The van der Waals surface area contributed by atoms with Crippen LogP contribution in [-0.4, -0.2) is 44.5 Å². The number of carboxylic acid groups (broad SMARTS) is 1. The van der Waals surface area contributed by atoms with Gasteiger partial charge in [0.1, 0.15) is 6.04 Å². The maximum absolute atomic E-state index is 11.6. The Labute approximate surface area is 103 Å². The van der Waals surface area contributed by atoms with Gasteiger partial charge in [-0.25, -0.2) is 4.79 Å². The van der Waals surface area contributed by atoms with Crippen molar-refractivity contribution in [2.75, 3.05) is 6.54 Å². The molecule has 0 saturated carbocycles. The lowest BCUT2D eigenvalue weighted by atomic mass is 10.1. The summed E-state index contributed by atoms with van der Waals surface area (Å²) in [6.07, 6.45) is 1.55. The Morgan fingerprint density at radius 3 is 2.78 bits per heavy atom. The van der Waals surface area contributed by atoms with Gasteiger partial charge in [0, 0.05) is 31.8 Å². The monoisotopic (exact) mass is 256 g/mol. The largest absolute Gasteiger partial charge is 0.479 e.